The van der Waals surface area contributed by atoms with E-state index in [-0.39, 0.29) is 18.7 Å². The van der Waals surface area contributed by atoms with Crippen LogP contribution in [-0.4, -0.2) is 19.3 Å². The first-order chi connectivity index (χ1) is 7.99. The molecule has 0 aliphatic rings. The Labute approximate surface area is 99.0 Å². The fourth-order valence-electron chi connectivity index (χ4n) is 1.64. The van der Waals surface area contributed by atoms with Crippen LogP contribution in [0.4, 0.5) is 13.2 Å². The van der Waals surface area contributed by atoms with Crippen LogP contribution in [0.25, 0.3) is 0 Å². The van der Waals surface area contributed by atoms with E-state index < -0.39 is 12.2 Å². The molecule has 0 bridgehead atoms. The summed E-state index contributed by atoms with van der Waals surface area (Å²) in [6.45, 7) is 2.23. The molecule has 17 heavy (non-hydrogen) atoms. The summed E-state index contributed by atoms with van der Waals surface area (Å²) in [5.41, 5.74) is 6.36. The first kappa shape index (κ1) is 14.0. The highest BCUT2D eigenvalue weighted by Gasteiger charge is 2.40. The molecule has 96 valence electrons. The smallest absolute Gasteiger partial charge is 0.329 e. The van der Waals surface area contributed by atoms with Gasteiger partial charge in [-0.2, -0.15) is 13.2 Å². The third-order valence-electron chi connectivity index (χ3n) is 2.51. The molecule has 1 aromatic carbocycles. The van der Waals surface area contributed by atoms with Crippen molar-refractivity contribution in [1.29, 1.82) is 0 Å². The second kappa shape index (κ2) is 6.02. The Kier molecular flexibility index (Phi) is 4.96. The maximum Gasteiger partial charge on any atom is 0.407 e. The maximum absolute atomic E-state index is 12.9. The van der Waals surface area contributed by atoms with E-state index in [2.05, 4.69) is 5.32 Å². The minimum atomic E-state index is -4.30. The van der Waals surface area contributed by atoms with E-state index in [0.29, 0.717) is 0 Å². The zero-order chi connectivity index (χ0) is 12.9. The van der Waals surface area contributed by atoms with Crippen molar-refractivity contribution in [3.8, 4) is 0 Å². The van der Waals surface area contributed by atoms with Crippen LogP contribution in [-0.2, 0) is 6.42 Å². The van der Waals surface area contributed by atoms with E-state index in [1.807, 2.05) is 13.0 Å². The SMILES string of the molecule is CCc1cccc(C(NCCN)C(F)(F)F)c1. The van der Waals surface area contributed by atoms with Gasteiger partial charge in [-0.15, -0.1) is 0 Å². The highest BCUT2D eigenvalue weighted by molar-refractivity contribution is 5.27. The van der Waals surface area contributed by atoms with Crippen molar-refractivity contribution >= 4 is 0 Å². The predicted molar refractivity (Wildman–Crippen MR) is 61.7 cm³/mol. The molecule has 0 spiro atoms. The van der Waals surface area contributed by atoms with Crippen molar-refractivity contribution in [3.05, 3.63) is 35.4 Å². The second-order valence-electron chi connectivity index (χ2n) is 3.82. The lowest BCUT2D eigenvalue weighted by Crippen LogP contribution is -2.36. The molecule has 0 fully saturated rings. The van der Waals surface area contributed by atoms with Crippen molar-refractivity contribution in [3.63, 3.8) is 0 Å². The van der Waals surface area contributed by atoms with Gasteiger partial charge in [0.05, 0.1) is 0 Å². The van der Waals surface area contributed by atoms with Crippen LogP contribution in [0.3, 0.4) is 0 Å². The Morgan fingerprint density at radius 2 is 2.06 bits per heavy atom. The molecule has 1 atom stereocenters. The fraction of sp³-hybridized carbons (Fsp3) is 0.500. The molecule has 1 unspecified atom stereocenters. The minimum Gasteiger partial charge on any atom is -0.329 e. The van der Waals surface area contributed by atoms with Gasteiger partial charge in [0.15, 0.2) is 0 Å². The molecule has 5 heteroatoms. The lowest BCUT2D eigenvalue weighted by Gasteiger charge is -2.22. The third kappa shape index (κ3) is 4.02. The summed E-state index contributed by atoms with van der Waals surface area (Å²) < 4.78 is 38.6. The Morgan fingerprint density at radius 1 is 1.35 bits per heavy atom. The number of nitrogens with one attached hydrogen (secondary N) is 1. The molecular weight excluding hydrogens is 229 g/mol. The number of hydrogen-bond acceptors (Lipinski definition) is 2. The minimum absolute atomic E-state index is 0.139. The van der Waals surface area contributed by atoms with Gasteiger partial charge in [0.1, 0.15) is 6.04 Å². The zero-order valence-corrected chi connectivity index (χ0v) is 9.72. The zero-order valence-electron chi connectivity index (χ0n) is 9.72. The van der Waals surface area contributed by atoms with Crippen molar-refractivity contribution in [2.45, 2.75) is 25.6 Å². The summed E-state index contributed by atoms with van der Waals surface area (Å²) in [7, 11) is 0. The number of aryl methyl sites for hydroxylation is 1. The normalized spacial score (nSPS) is 13.7. The van der Waals surface area contributed by atoms with Crippen molar-refractivity contribution < 1.29 is 13.2 Å². The molecule has 2 nitrogen and oxygen atoms in total. The van der Waals surface area contributed by atoms with Gasteiger partial charge in [-0.3, -0.25) is 0 Å². The average molecular weight is 246 g/mol. The van der Waals surface area contributed by atoms with E-state index in [1.165, 1.54) is 6.07 Å². The first-order valence-corrected chi connectivity index (χ1v) is 5.58. The molecular formula is C12H17F3N2. The summed E-state index contributed by atoms with van der Waals surface area (Å²) >= 11 is 0. The third-order valence-corrected chi connectivity index (χ3v) is 2.51. The van der Waals surface area contributed by atoms with Gasteiger partial charge in [-0.25, -0.2) is 0 Å². The average Bonchev–Trinajstić information content (AvgIpc) is 2.28. The van der Waals surface area contributed by atoms with Crippen LogP contribution in [0, 0.1) is 0 Å². The van der Waals surface area contributed by atoms with Crippen LogP contribution >= 0.6 is 0 Å². The fourth-order valence-corrected chi connectivity index (χ4v) is 1.64. The highest BCUT2D eigenvalue weighted by Crippen LogP contribution is 2.32. The topological polar surface area (TPSA) is 38.0 Å². The van der Waals surface area contributed by atoms with Crippen LogP contribution in [0.2, 0.25) is 0 Å². The molecule has 0 radical (unpaired) electrons. The van der Waals surface area contributed by atoms with Gasteiger partial charge in [0.2, 0.25) is 0 Å². The largest absolute Gasteiger partial charge is 0.407 e. The number of alkyl halides is 3. The number of hydrogen-bond donors (Lipinski definition) is 2. The van der Waals surface area contributed by atoms with Crippen molar-refractivity contribution in [1.82, 2.24) is 5.32 Å². The van der Waals surface area contributed by atoms with Gasteiger partial charge in [0, 0.05) is 13.1 Å². The van der Waals surface area contributed by atoms with Gasteiger partial charge >= 0.3 is 6.18 Å². The van der Waals surface area contributed by atoms with Crippen LogP contribution < -0.4 is 11.1 Å². The maximum atomic E-state index is 12.9. The van der Waals surface area contributed by atoms with Crippen LogP contribution in [0.5, 0.6) is 0 Å². The molecule has 0 aromatic heterocycles. The Hall–Kier alpha value is -1.07. The Bertz CT molecular complexity index is 350. The van der Waals surface area contributed by atoms with Gasteiger partial charge in [-0.05, 0) is 17.5 Å². The molecule has 0 amide bonds. The lowest BCUT2D eigenvalue weighted by molar-refractivity contribution is -0.157. The number of halogens is 3. The van der Waals surface area contributed by atoms with Crippen molar-refractivity contribution in [2.24, 2.45) is 5.73 Å². The lowest BCUT2D eigenvalue weighted by atomic mass is 10.0. The van der Waals surface area contributed by atoms with Gasteiger partial charge in [0.25, 0.3) is 0 Å². The highest BCUT2D eigenvalue weighted by atomic mass is 19.4. The van der Waals surface area contributed by atoms with Gasteiger partial charge < -0.3 is 11.1 Å². The first-order valence-electron chi connectivity index (χ1n) is 5.58. The summed E-state index contributed by atoms with van der Waals surface area (Å²) in [4.78, 5) is 0. The van der Waals surface area contributed by atoms with E-state index >= 15 is 0 Å². The summed E-state index contributed by atoms with van der Waals surface area (Å²) in [5, 5.41) is 2.43. The standard InChI is InChI=1S/C12H17F3N2/c1-2-9-4-3-5-10(8-9)11(12(13,14)15)17-7-6-16/h3-5,8,11,17H,2,6-7,16H2,1H3. The molecule has 3 N–H and O–H groups in total. The molecule has 1 rings (SSSR count). The summed E-state index contributed by atoms with van der Waals surface area (Å²) in [6, 6.07) is 4.90. The van der Waals surface area contributed by atoms with Crippen molar-refractivity contribution in [2.75, 3.05) is 13.1 Å². The van der Waals surface area contributed by atoms with Crippen LogP contribution in [0.1, 0.15) is 24.1 Å². The quantitative estimate of drug-likeness (QED) is 0.837. The molecule has 0 saturated carbocycles. The molecule has 0 heterocycles. The second-order valence-corrected chi connectivity index (χ2v) is 3.82. The Morgan fingerprint density at radius 3 is 2.59 bits per heavy atom. The monoisotopic (exact) mass is 246 g/mol. The molecule has 0 saturated heterocycles. The summed E-state index contributed by atoms with van der Waals surface area (Å²) in [6.07, 6.45) is -3.59. The molecule has 0 aliphatic heterocycles. The summed E-state index contributed by atoms with van der Waals surface area (Å²) in [5.74, 6) is 0. The number of nitrogens with two attached hydrogens (primary N) is 1. The van der Waals surface area contributed by atoms with E-state index in [9.17, 15) is 13.2 Å². The predicted octanol–water partition coefficient (Wildman–Crippen LogP) is 2.40. The van der Waals surface area contributed by atoms with Crippen LogP contribution in [0.15, 0.2) is 24.3 Å². The number of rotatable bonds is 5. The molecule has 0 aliphatic carbocycles. The molecule has 1 aromatic rings. The van der Waals surface area contributed by atoms with E-state index in [0.717, 1.165) is 12.0 Å². The number of benzene rings is 1. The Balaban J connectivity index is 2.95. The van der Waals surface area contributed by atoms with E-state index in [1.54, 1.807) is 12.1 Å². The van der Waals surface area contributed by atoms with E-state index in [4.69, 9.17) is 5.73 Å². The van der Waals surface area contributed by atoms with Gasteiger partial charge in [-0.1, -0.05) is 31.2 Å².